The largest absolute Gasteiger partial charge is 0.339 e. The third-order valence-electron chi connectivity index (χ3n) is 5.43. The number of nitrogens with one attached hydrogen (secondary N) is 2. The molecule has 9 heteroatoms. The van der Waals surface area contributed by atoms with Crippen molar-refractivity contribution in [3.63, 3.8) is 0 Å². The van der Waals surface area contributed by atoms with Crippen LogP contribution in [0.3, 0.4) is 0 Å². The second-order valence-electron chi connectivity index (χ2n) is 7.26. The minimum atomic E-state index is -0.280. The molecule has 4 rings (SSSR count). The summed E-state index contributed by atoms with van der Waals surface area (Å²) in [5.74, 6) is 0.928. The number of carbonyl (C=O) groups excluding carboxylic acids is 2. The zero-order chi connectivity index (χ0) is 18.8. The summed E-state index contributed by atoms with van der Waals surface area (Å²) in [6, 6.07) is 7.66. The summed E-state index contributed by atoms with van der Waals surface area (Å²) < 4.78 is 0. The first-order valence-electron chi connectivity index (χ1n) is 9.46. The average molecular weight is 405 g/mol. The molecule has 28 heavy (non-hydrogen) atoms. The van der Waals surface area contributed by atoms with Crippen LogP contribution in [0.5, 0.6) is 0 Å². The van der Waals surface area contributed by atoms with Gasteiger partial charge >= 0.3 is 0 Å². The van der Waals surface area contributed by atoms with Crippen LogP contribution in [-0.2, 0) is 16.1 Å². The summed E-state index contributed by atoms with van der Waals surface area (Å²) in [5, 5.41) is 9.82. The SMILES string of the molecule is Cl.NCc1nc(-c2ccc(NC(=O)C3CC(=O)N(C4CCCC4)C3)cc2)n[nH]1. The average Bonchev–Trinajstić information content (AvgIpc) is 3.42. The number of hydrogen-bond acceptors (Lipinski definition) is 5. The van der Waals surface area contributed by atoms with E-state index in [9.17, 15) is 9.59 Å². The molecule has 1 aliphatic carbocycles. The smallest absolute Gasteiger partial charge is 0.229 e. The predicted octanol–water partition coefficient (Wildman–Crippen LogP) is 2.08. The van der Waals surface area contributed by atoms with Crippen molar-refractivity contribution >= 4 is 29.9 Å². The van der Waals surface area contributed by atoms with Gasteiger partial charge in [0.1, 0.15) is 5.82 Å². The molecule has 1 aromatic carbocycles. The second kappa shape index (κ2) is 8.70. The maximum atomic E-state index is 12.6. The Morgan fingerprint density at radius 1 is 1.25 bits per heavy atom. The topological polar surface area (TPSA) is 117 Å². The van der Waals surface area contributed by atoms with E-state index in [0.717, 1.165) is 18.4 Å². The minimum absolute atomic E-state index is 0. The minimum Gasteiger partial charge on any atom is -0.339 e. The van der Waals surface area contributed by atoms with E-state index in [-0.39, 0.29) is 30.1 Å². The number of halogens is 1. The number of nitrogens with zero attached hydrogens (tertiary/aromatic N) is 3. The van der Waals surface area contributed by atoms with Gasteiger partial charge in [-0.1, -0.05) is 12.8 Å². The van der Waals surface area contributed by atoms with Crippen molar-refractivity contribution in [2.45, 2.75) is 44.7 Å². The summed E-state index contributed by atoms with van der Waals surface area (Å²) in [7, 11) is 0. The lowest BCUT2D eigenvalue weighted by Gasteiger charge is -2.23. The number of amides is 2. The molecule has 2 fully saturated rings. The Labute approximate surface area is 169 Å². The van der Waals surface area contributed by atoms with Crippen molar-refractivity contribution in [2.75, 3.05) is 11.9 Å². The molecule has 0 bridgehead atoms. The fourth-order valence-corrected chi connectivity index (χ4v) is 3.94. The lowest BCUT2D eigenvalue weighted by Crippen LogP contribution is -2.35. The van der Waals surface area contributed by atoms with Gasteiger partial charge in [-0.15, -0.1) is 12.4 Å². The van der Waals surface area contributed by atoms with Crippen LogP contribution in [0.4, 0.5) is 5.69 Å². The number of carbonyl (C=O) groups is 2. The van der Waals surface area contributed by atoms with Crippen LogP contribution in [0.15, 0.2) is 24.3 Å². The van der Waals surface area contributed by atoms with Crippen molar-refractivity contribution in [3.8, 4) is 11.4 Å². The van der Waals surface area contributed by atoms with E-state index in [0.29, 0.717) is 42.9 Å². The third kappa shape index (κ3) is 4.18. The summed E-state index contributed by atoms with van der Waals surface area (Å²) in [5.41, 5.74) is 7.07. The molecule has 1 saturated heterocycles. The lowest BCUT2D eigenvalue weighted by molar-refractivity contribution is -0.129. The molecule has 0 radical (unpaired) electrons. The van der Waals surface area contributed by atoms with Crippen molar-refractivity contribution in [1.29, 1.82) is 0 Å². The number of rotatable bonds is 5. The summed E-state index contributed by atoms with van der Waals surface area (Å²) in [6.07, 6.45) is 4.79. The van der Waals surface area contributed by atoms with Gasteiger partial charge in [0, 0.05) is 30.3 Å². The molecule has 150 valence electrons. The highest BCUT2D eigenvalue weighted by atomic mass is 35.5. The standard InChI is InChI=1S/C19H24N6O2.ClH/c20-10-16-22-18(24-23-16)12-5-7-14(8-6-12)21-19(27)13-9-17(26)25(11-13)15-3-1-2-4-15;/h5-8,13,15H,1-4,9-11,20H2,(H,21,27)(H,22,23,24);1H. The Morgan fingerprint density at radius 3 is 2.61 bits per heavy atom. The Bertz CT molecular complexity index is 831. The number of likely N-dealkylation sites (tertiary alicyclic amines) is 1. The van der Waals surface area contributed by atoms with Crippen molar-refractivity contribution in [3.05, 3.63) is 30.1 Å². The zero-order valence-electron chi connectivity index (χ0n) is 15.6. The maximum absolute atomic E-state index is 12.6. The van der Waals surface area contributed by atoms with Gasteiger partial charge in [0.15, 0.2) is 5.82 Å². The van der Waals surface area contributed by atoms with Crippen LogP contribution in [0.25, 0.3) is 11.4 Å². The normalized spacial score (nSPS) is 19.7. The molecule has 0 spiro atoms. The number of anilines is 1. The van der Waals surface area contributed by atoms with E-state index in [1.165, 1.54) is 12.8 Å². The monoisotopic (exact) mass is 404 g/mol. The molecule has 2 heterocycles. The van der Waals surface area contributed by atoms with Gasteiger partial charge in [0.25, 0.3) is 0 Å². The number of benzene rings is 1. The van der Waals surface area contributed by atoms with Crippen LogP contribution < -0.4 is 11.1 Å². The first-order chi connectivity index (χ1) is 13.1. The highest BCUT2D eigenvalue weighted by Crippen LogP contribution is 2.30. The molecule has 2 aliphatic rings. The molecular formula is C19H25ClN6O2. The number of nitrogens with two attached hydrogens (primary N) is 1. The van der Waals surface area contributed by atoms with Crippen LogP contribution in [0.1, 0.15) is 37.9 Å². The van der Waals surface area contributed by atoms with E-state index < -0.39 is 0 Å². The van der Waals surface area contributed by atoms with Gasteiger partial charge < -0.3 is 16.0 Å². The second-order valence-corrected chi connectivity index (χ2v) is 7.26. The fraction of sp³-hybridized carbons (Fsp3) is 0.474. The van der Waals surface area contributed by atoms with Gasteiger partial charge in [0.2, 0.25) is 11.8 Å². The van der Waals surface area contributed by atoms with E-state index >= 15 is 0 Å². The molecule has 1 aliphatic heterocycles. The van der Waals surface area contributed by atoms with E-state index in [2.05, 4.69) is 20.5 Å². The fourth-order valence-electron chi connectivity index (χ4n) is 3.94. The van der Waals surface area contributed by atoms with Gasteiger partial charge in [-0.3, -0.25) is 14.7 Å². The summed E-state index contributed by atoms with van der Waals surface area (Å²) in [6.45, 7) is 0.839. The summed E-state index contributed by atoms with van der Waals surface area (Å²) in [4.78, 5) is 31.1. The maximum Gasteiger partial charge on any atom is 0.229 e. The van der Waals surface area contributed by atoms with Crippen LogP contribution in [0, 0.1) is 5.92 Å². The molecule has 2 amide bonds. The molecule has 1 unspecified atom stereocenters. The van der Waals surface area contributed by atoms with Crippen LogP contribution >= 0.6 is 12.4 Å². The molecular weight excluding hydrogens is 380 g/mol. The Balaban J connectivity index is 0.00000225. The van der Waals surface area contributed by atoms with Gasteiger partial charge in [-0.2, -0.15) is 5.10 Å². The van der Waals surface area contributed by atoms with Crippen molar-refractivity contribution < 1.29 is 9.59 Å². The van der Waals surface area contributed by atoms with Crippen molar-refractivity contribution in [1.82, 2.24) is 20.1 Å². The summed E-state index contributed by atoms with van der Waals surface area (Å²) >= 11 is 0. The van der Waals surface area contributed by atoms with Gasteiger partial charge in [-0.25, -0.2) is 4.98 Å². The van der Waals surface area contributed by atoms with Crippen LogP contribution in [0.2, 0.25) is 0 Å². The molecule has 1 atom stereocenters. The molecule has 1 aromatic heterocycles. The Morgan fingerprint density at radius 2 is 1.96 bits per heavy atom. The van der Waals surface area contributed by atoms with Gasteiger partial charge in [0.05, 0.1) is 12.5 Å². The Hall–Kier alpha value is -2.45. The first kappa shape index (κ1) is 20.3. The quantitative estimate of drug-likeness (QED) is 0.705. The van der Waals surface area contributed by atoms with E-state index in [4.69, 9.17) is 5.73 Å². The molecule has 2 aromatic rings. The van der Waals surface area contributed by atoms with E-state index in [1.807, 2.05) is 29.2 Å². The van der Waals surface area contributed by atoms with Crippen LogP contribution in [-0.4, -0.2) is 44.5 Å². The molecule has 8 nitrogen and oxygen atoms in total. The first-order valence-corrected chi connectivity index (χ1v) is 9.46. The van der Waals surface area contributed by atoms with Crippen molar-refractivity contribution in [2.24, 2.45) is 11.7 Å². The molecule has 1 saturated carbocycles. The predicted molar refractivity (Wildman–Crippen MR) is 108 cm³/mol. The van der Waals surface area contributed by atoms with Gasteiger partial charge in [-0.05, 0) is 37.1 Å². The highest BCUT2D eigenvalue weighted by molar-refractivity contribution is 5.97. The number of aromatic amines is 1. The number of aromatic nitrogens is 3. The molecule has 4 N–H and O–H groups in total. The highest BCUT2D eigenvalue weighted by Gasteiger charge is 2.38. The number of H-pyrrole nitrogens is 1. The third-order valence-corrected chi connectivity index (χ3v) is 5.43. The number of hydrogen-bond donors (Lipinski definition) is 3. The lowest BCUT2D eigenvalue weighted by atomic mass is 10.1. The van der Waals surface area contributed by atoms with E-state index in [1.54, 1.807) is 0 Å². The zero-order valence-corrected chi connectivity index (χ0v) is 16.4. The Kier molecular flexibility index (Phi) is 6.31.